The van der Waals surface area contributed by atoms with Crippen molar-refractivity contribution in [2.24, 2.45) is 0 Å². The summed E-state index contributed by atoms with van der Waals surface area (Å²) in [5.74, 6) is -2.13. The quantitative estimate of drug-likeness (QED) is 0.535. The molecule has 5 rings (SSSR count). The highest BCUT2D eigenvalue weighted by molar-refractivity contribution is 5.84. The van der Waals surface area contributed by atoms with E-state index in [9.17, 15) is 27.5 Å². The maximum atomic E-state index is 14.7. The molecule has 1 aromatic carbocycles. The number of fused-ring (bicyclic) bond motifs is 1. The lowest BCUT2D eigenvalue weighted by Gasteiger charge is -2.39. The summed E-state index contributed by atoms with van der Waals surface area (Å²) in [6.07, 6.45) is -3.58. The van der Waals surface area contributed by atoms with Crippen LogP contribution in [0.4, 0.5) is 23.4 Å². The van der Waals surface area contributed by atoms with Gasteiger partial charge in [-0.15, -0.1) is 13.2 Å². The number of hydrogen-bond donors (Lipinski definition) is 1. The summed E-state index contributed by atoms with van der Waals surface area (Å²) >= 11 is 0. The van der Waals surface area contributed by atoms with Gasteiger partial charge in [0.1, 0.15) is 12.1 Å². The Balaban J connectivity index is 1.33. The number of benzene rings is 1. The second-order valence-electron chi connectivity index (χ2n) is 10.9. The standard InChI is InChI=1S/C27H34F4N6O3/c1-17-13-21(38)24-23(17)25(33-16-32-24)36-9-11-37(12-10-36)26(39)19(15-35-7-5-34(2)6-8-35)18-3-4-22(20(28)14-18)40-27(29,30)31/h3-4,14,16-17,19,21,38H,5-13,15H2,1-2H3/t17-,19?,21-/m1/s1. The lowest BCUT2D eigenvalue weighted by atomic mass is 9.95. The largest absolute Gasteiger partial charge is 0.573 e. The van der Waals surface area contributed by atoms with Crippen LogP contribution in [0.2, 0.25) is 0 Å². The lowest BCUT2D eigenvalue weighted by molar-refractivity contribution is -0.275. The average molecular weight is 567 g/mol. The van der Waals surface area contributed by atoms with Gasteiger partial charge in [0.15, 0.2) is 11.6 Å². The third-order valence-electron chi connectivity index (χ3n) is 8.09. The van der Waals surface area contributed by atoms with Crippen LogP contribution in [0.15, 0.2) is 24.5 Å². The van der Waals surface area contributed by atoms with Crippen LogP contribution in [0.1, 0.15) is 48.1 Å². The van der Waals surface area contributed by atoms with Crippen molar-refractivity contribution in [1.82, 2.24) is 24.7 Å². The second kappa shape index (κ2) is 11.5. The number of nitrogens with zero attached hydrogens (tertiary/aromatic N) is 6. The Morgan fingerprint density at radius 1 is 1.10 bits per heavy atom. The minimum absolute atomic E-state index is 0.119. The number of aromatic nitrogens is 2. The van der Waals surface area contributed by atoms with E-state index in [1.807, 2.05) is 14.0 Å². The minimum atomic E-state index is -5.02. The Labute approximate surface area is 230 Å². The first-order chi connectivity index (χ1) is 19.0. The van der Waals surface area contributed by atoms with Crippen LogP contribution in [0, 0.1) is 5.82 Å². The molecule has 40 heavy (non-hydrogen) atoms. The number of aliphatic hydroxyl groups excluding tert-OH is 1. The van der Waals surface area contributed by atoms with Crippen LogP contribution >= 0.6 is 0 Å². The Morgan fingerprint density at radius 2 is 1.80 bits per heavy atom. The predicted octanol–water partition coefficient (Wildman–Crippen LogP) is 2.73. The summed E-state index contributed by atoms with van der Waals surface area (Å²) in [5.41, 5.74) is 1.91. The second-order valence-corrected chi connectivity index (χ2v) is 10.9. The third kappa shape index (κ3) is 6.16. The fraction of sp³-hybridized carbons (Fsp3) is 0.593. The molecule has 1 aliphatic carbocycles. The van der Waals surface area contributed by atoms with Crippen molar-refractivity contribution in [3.05, 3.63) is 47.2 Å². The third-order valence-corrected chi connectivity index (χ3v) is 8.09. The van der Waals surface area contributed by atoms with E-state index < -0.39 is 30.0 Å². The number of hydrogen-bond acceptors (Lipinski definition) is 8. The van der Waals surface area contributed by atoms with Gasteiger partial charge in [-0.1, -0.05) is 13.0 Å². The molecule has 0 radical (unpaired) electrons. The van der Waals surface area contributed by atoms with E-state index in [4.69, 9.17) is 0 Å². The van der Waals surface area contributed by atoms with Crippen molar-refractivity contribution >= 4 is 11.7 Å². The molecule has 1 unspecified atom stereocenters. The molecule has 9 nitrogen and oxygen atoms in total. The zero-order valence-electron chi connectivity index (χ0n) is 22.6. The first-order valence-electron chi connectivity index (χ1n) is 13.5. The van der Waals surface area contributed by atoms with E-state index in [0.29, 0.717) is 50.4 Å². The Hall–Kier alpha value is -3.03. The van der Waals surface area contributed by atoms with Gasteiger partial charge < -0.3 is 24.5 Å². The topological polar surface area (TPSA) is 85.3 Å². The summed E-state index contributed by atoms with van der Waals surface area (Å²) in [5, 5.41) is 10.3. The van der Waals surface area contributed by atoms with Crippen molar-refractivity contribution in [1.29, 1.82) is 0 Å². The number of rotatable bonds is 6. The van der Waals surface area contributed by atoms with E-state index in [2.05, 4.69) is 29.4 Å². The summed E-state index contributed by atoms with van der Waals surface area (Å²) in [4.78, 5) is 30.8. The Kier molecular flexibility index (Phi) is 8.16. The van der Waals surface area contributed by atoms with Crippen LogP contribution in [0.25, 0.3) is 0 Å². The first-order valence-corrected chi connectivity index (χ1v) is 13.5. The summed E-state index contributed by atoms with van der Waals surface area (Å²) < 4.78 is 56.5. The van der Waals surface area contributed by atoms with Gasteiger partial charge in [0.25, 0.3) is 0 Å². The molecule has 3 aliphatic rings. The SMILES string of the molecule is C[C@@H]1C[C@@H](O)c2ncnc(N3CCN(C(=O)C(CN4CCN(C)CC4)c4ccc(OC(F)(F)F)c(F)c4)CC3)c21. The number of amides is 1. The van der Waals surface area contributed by atoms with Crippen LogP contribution in [0.5, 0.6) is 5.75 Å². The lowest BCUT2D eigenvalue weighted by Crippen LogP contribution is -2.52. The van der Waals surface area contributed by atoms with E-state index in [-0.39, 0.29) is 11.8 Å². The molecule has 1 aromatic heterocycles. The number of halogens is 4. The number of carbonyl (C=O) groups is 1. The molecular formula is C27H34F4N6O3. The summed E-state index contributed by atoms with van der Waals surface area (Å²) in [7, 11) is 2.02. The van der Waals surface area contributed by atoms with Crippen LogP contribution < -0.4 is 9.64 Å². The Bertz CT molecular complexity index is 1220. The number of anilines is 1. The fourth-order valence-corrected chi connectivity index (χ4v) is 5.87. The number of piperazine rings is 2. The van der Waals surface area contributed by atoms with Crippen LogP contribution in [0.3, 0.4) is 0 Å². The Morgan fingerprint density at radius 3 is 2.45 bits per heavy atom. The zero-order valence-corrected chi connectivity index (χ0v) is 22.6. The molecule has 1 amide bonds. The molecular weight excluding hydrogens is 532 g/mol. The summed E-state index contributed by atoms with van der Waals surface area (Å²) in [6.45, 7) is 7.33. The van der Waals surface area contributed by atoms with Crippen molar-refractivity contribution in [2.75, 3.05) is 70.9 Å². The highest BCUT2D eigenvalue weighted by atomic mass is 19.4. The van der Waals surface area contributed by atoms with Crippen molar-refractivity contribution < 1.29 is 32.2 Å². The number of aliphatic hydroxyl groups is 1. The van der Waals surface area contributed by atoms with Crippen molar-refractivity contribution in [3.8, 4) is 5.75 Å². The molecule has 1 N–H and O–H groups in total. The van der Waals surface area contributed by atoms with E-state index in [1.54, 1.807) is 4.90 Å². The zero-order chi connectivity index (χ0) is 28.6. The molecule has 2 saturated heterocycles. The molecule has 0 spiro atoms. The molecule has 2 aliphatic heterocycles. The monoisotopic (exact) mass is 566 g/mol. The van der Waals surface area contributed by atoms with Gasteiger partial charge >= 0.3 is 6.36 Å². The molecule has 0 bridgehead atoms. The summed E-state index contributed by atoms with van der Waals surface area (Å²) in [6, 6.07) is 3.26. The normalized spacial score (nSPS) is 23.3. The first kappa shape index (κ1) is 28.5. The van der Waals surface area contributed by atoms with Crippen molar-refractivity contribution in [3.63, 3.8) is 0 Å². The van der Waals surface area contributed by atoms with Crippen molar-refractivity contribution in [2.45, 2.75) is 37.6 Å². The van der Waals surface area contributed by atoms with Crippen LogP contribution in [-0.2, 0) is 4.79 Å². The number of ether oxygens (including phenoxy) is 1. The highest BCUT2D eigenvalue weighted by Gasteiger charge is 2.36. The number of carbonyl (C=O) groups excluding carboxylic acids is 1. The predicted molar refractivity (Wildman–Crippen MR) is 139 cm³/mol. The fourth-order valence-electron chi connectivity index (χ4n) is 5.87. The molecule has 0 saturated carbocycles. The molecule has 3 atom stereocenters. The van der Waals surface area contributed by atoms with Gasteiger partial charge in [-0.25, -0.2) is 14.4 Å². The highest BCUT2D eigenvalue weighted by Crippen LogP contribution is 2.43. The smallest absolute Gasteiger partial charge is 0.403 e. The van der Waals surface area contributed by atoms with E-state index in [0.717, 1.165) is 49.7 Å². The molecule has 13 heteroatoms. The van der Waals surface area contributed by atoms with Gasteiger partial charge in [-0.2, -0.15) is 0 Å². The average Bonchev–Trinajstić information content (AvgIpc) is 3.22. The molecule has 2 fully saturated rings. The molecule has 3 heterocycles. The molecule has 218 valence electrons. The maximum absolute atomic E-state index is 14.7. The molecule has 2 aromatic rings. The number of likely N-dealkylation sites (N-methyl/N-ethyl adjacent to an activating group) is 1. The number of alkyl halides is 3. The van der Waals surface area contributed by atoms with Gasteiger partial charge in [0, 0.05) is 64.5 Å². The van der Waals surface area contributed by atoms with Gasteiger partial charge in [-0.05, 0) is 37.1 Å². The van der Waals surface area contributed by atoms with Gasteiger partial charge in [0.05, 0.1) is 17.7 Å². The van der Waals surface area contributed by atoms with Gasteiger partial charge in [0.2, 0.25) is 5.91 Å². The van der Waals surface area contributed by atoms with E-state index >= 15 is 0 Å². The van der Waals surface area contributed by atoms with Gasteiger partial charge in [-0.3, -0.25) is 9.69 Å². The van der Waals surface area contributed by atoms with Crippen LogP contribution in [-0.4, -0.2) is 108 Å². The van der Waals surface area contributed by atoms with E-state index in [1.165, 1.54) is 12.4 Å². The minimum Gasteiger partial charge on any atom is -0.403 e. The maximum Gasteiger partial charge on any atom is 0.573 e.